The van der Waals surface area contributed by atoms with Crippen LogP contribution < -0.4 is 11.1 Å². The molecule has 0 aromatic carbocycles. The number of carbonyl (C=O) groups is 3. The monoisotopic (exact) mass is 243 g/mol. The third-order valence-corrected chi connectivity index (χ3v) is 3.12. The van der Waals surface area contributed by atoms with Crippen molar-refractivity contribution < 1.29 is 19.5 Å². The quantitative estimate of drug-likeness (QED) is 0.616. The van der Waals surface area contributed by atoms with Crippen LogP contribution in [0, 0.1) is 0 Å². The number of imide groups is 1. The largest absolute Gasteiger partial charge is 0.480 e. The first-order valence-corrected chi connectivity index (χ1v) is 5.44. The molecular weight excluding hydrogens is 226 g/mol. The fourth-order valence-corrected chi connectivity index (χ4v) is 2.06. The molecule has 4 N–H and O–H groups in total. The van der Waals surface area contributed by atoms with Gasteiger partial charge in [0.2, 0.25) is 5.91 Å². The van der Waals surface area contributed by atoms with Crippen molar-refractivity contribution in [3.8, 4) is 0 Å². The van der Waals surface area contributed by atoms with Crippen molar-refractivity contribution in [1.82, 2.24) is 10.2 Å². The average Bonchev–Trinajstić information content (AvgIpc) is 2.57. The zero-order valence-electron chi connectivity index (χ0n) is 9.73. The maximum Gasteiger partial charge on any atom is 0.323 e. The first kappa shape index (κ1) is 13.4. The molecule has 0 aromatic heterocycles. The van der Waals surface area contributed by atoms with Gasteiger partial charge in [-0.2, -0.15) is 0 Å². The number of nitrogens with one attached hydrogen (secondary N) is 1. The van der Waals surface area contributed by atoms with Crippen molar-refractivity contribution in [2.75, 3.05) is 13.1 Å². The van der Waals surface area contributed by atoms with Gasteiger partial charge in [0.1, 0.15) is 5.54 Å². The van der Waals surface area contributed by atoms with E-state index in [4.69, 9.17) is 10.8 Å². The van der Waals surface area contributed by atoms with Crippen LogP contribution in [0.3, 0.4) is 0 Å². The van der Waals surface area contributed by atoms with Crippen LogP contribution >= 0.6 is 0 Å². The summed E-state index contributed by atoms with van der Waals surface area (Å²) >= 11 is 0. The van der Waals surface area contributed by atoms with Gasteiger partial charge >= 0.3 is 12.0 Å². The lowest BCUT2D eigenvalue weighted by molar-refractivity contribution is -0.149. The topological polar surface area (TPSA) is 113 Å². The summed E-state index contributed by atoms with van der Waals surface area (Å²) in [5, 5.41) is 11.1. The van der Waals surface area contributed by atoms with Crippen molar-refractivity contribution in [3.63, 3.8) is 0 Å². The van der Waals surface area contributed by atoms with Crippen molar-refractivity contribution >= 4 is 17.9 Å². The fourth-order valence-electron chi connectivity index (χ4n) is 2.06. The number of carboxylic acids is 1. The molecule has 0 aliphatic carbocycles. The molecule has 1 rings (SSSR count). The molecule has 3 amide bonds. The predicted octanol–water partition coefficient (Wildman–Crippen LogP) is -0.489. The molecule has 0 bridgehead atoms. The molecule has 1 saturated heterocycles. The molecule has 1 aliphatic heterocycles. The van der Waals surface area contributed by atoms with Crippen molar-refractivity contribution in [2.45, 2.75) is 31.7 Å². The second kappa shape index (κ2) is 5.13. The molecule has 96 valence electrons. The Balaban J connectivity index is 2.49. The lowest BCUT2D eigenvalue weighted by Gasteiger charge is -2.30. The number of amides is 3. The Kier molecular flexibility index (Phi) is 4.06. The highest BCUT2D eigenvalue weighted by Gasteiger charge is 2.42. The maximum atomic E-state index is 11.2. The summed E-state index contributed by atoms with van der Waals surface area (Å²) in [7, 11) is 0. The molecule has 0 radical (unpaired) electrons. The number of urea groups is 1. The lowest BCUT2D eigenvalue weighted by atomic mass is 9.99. The normalized spacial score (nSPS) is 24.5. The summed E-state index contributed by atoms with van der Waals surface area (Å²) in [4.78, 5) is 34.5. The van der Waals surface area contributed by atoms with Crippen LogP contribution in [0.4, 0.5) is 4.79 Å². The van der Waals surface area contributed by atoms with Gasteiger partial charge < -0.3 is 10.8 Å². The van der Waals surface area contributed by atoms with E-state index in [1.54, 1.807) is 11.8 Å². The molecule has 1 atom stereocenters. The third-order valence-electron chi connectivity index (χ3n) is 3.12. The smallest absolute Gasteiger partial charge is 0.323 e. The zero-order chi connectivity index (χ0) is 13.1. The van der Waals surface area contributed by atoms with Gasteiger partial charge in [-0.15, -0.1) is 0 Å². The molecule has 1 heterocycles. The molecule has 0 aromatic rings. The molecule has 7 heteroatoms. The Morgan fingerprint density at radius 1 is 1.47 bits per heavy atom. The summed E-state index contributed by atoms with van der Waals surface area (Å²) in [5.74, 6) is -1.37. The minimum Gasteiger partial charge on any atom is -0.480 e. The summed E-state index contributed by atoms with van der Waals surface area (Å²) in [5.41, 5.74) is 3.89. The van der Waals surface area contributed by atoms with Gasteiger partial charge in [-0.1, -0.05) is 0 Å². The molecule has 17 heavy (non-hydrogen) atoms. The Bertz CT molecular complexity index is 344. The summed E-state index contributed by atoms with van der Waals surface area (Å²) < 4.78 is 0. The number of rotatable bonds is 4. The Morgan fingerprint density at radius 2 is 2.12 bits per heavy atom. The Hall–Kier alpha value is -1.63. The predicted molar refractivity (Wildman–Crippen MR) is 59.2 cm³/mol. The number of carbonyl (C=O) groups excluding carboxylic acids is 2. The van der Waals surface area contributed by atoms with Crippen LogP contribution in [-0.4, -0.2) is 46.5 Å². The van der Waals surface area contributed by atoms with Gasteiger partial charge in [-0.3, -0.25) is 19.8 Å². The highest BCUT2D eigenvalue weighted by atomic mass is 16.4. The zero-order valence-corrected chi connectivity index (χ0v) is 9.73. The lowest BCUT2D eigenvalue weighted by Crippen LogP contribution is -2.49. The molecule has 0 saturated carbocycles. The van der Waals surface area contributed by atoms with Gasteiger partial charge in [-0.05, 0) is 26.3 Å². The van der Waals surface area contributed by atoms with Crippen molar-refractivity contribution in [1.29, 1.82) is 0 Å². The fraction of sp³-hybridized carbons (Fsp3) is 0.700. The summed E-state index contributed by atoms with van der Waals surface area (Å²) in [6.45, 7) is 2.60. The van der Waals surface area contributed by atoms with E-state index in [1.807, 2.05) is 5.32 Å². The third kappa shape index (κ3) is 3.16. The SMILES string of the molecule is CC1(C(=O)O)CCCN1CCC(=O)NC(N)=O. The summed E-state index contributed by atoms with van der Waals surface area (Å²) in [6.07, 6.45) is 1.42. The number of likely N-dealkylation sites (tertiary alicyclic amines) is 1. The van der Waals surface area contributed by atoms with E-state index in [-0.39, 0.29) is 6.42 Å². The van der Waals surface area contributed by atoms with E-state index >= 15 is 0 Å². The first-order chi connectivity index (χ1) is 7.86. The van der Waals surface area contributed by atoms with Gasteiger partial charge in [0.25, 0.3) is 0 Å². The molecule has 0 spiro atoms. The van der Waals surface area contributed by atoms with E-state index in [0.29, 0.717) is 19.5 Å². The van der Waals surface area contributed by atoms with Crippen LogP contribution in [0.2, 0.25) is 0 Å². The van der Waals surface area contributed by atoms with Gasteiger partial charge in [0.15, 0.2) is 0 Å². The molecule has 1 aliphatic rings. The van der Waals surface area contributed by atoms with Gasteiger partial charge in [0, 0.05) is 13.0 Å². The van der Waals surface area contributed by atoms with Crippen LogP contribution in [0.1, 0.15) is 26.2 Å². The number of carboxylic acid groups (broad SMARTS) is 1. The minimum atomic E-state index is -0.910. The highest BCUT2D eigenvalue weighted by Crippen LogP contribution is 2.29. The number of aliphatic carboxylic acids is 1. The van der Waals surface area contributed by atoms with Gasteiger partial charge in [-0.25, -0.2) is 4.79 Å². The van der Waals surface area contributed by atoms with E-state index in [1.165, 1.54) is 0 Å². The van der Waals surface area contributed by atoms with Crippen LogP contribution in [0.15, 0.2) is 0 Å². The van der Waals surface area contributed by atoms with Crippen molar-refractivity contribution in [2.24, 2.45) is 5.73 Å². The van der Waals surface area contributed by atoms with E-state index in [9.17, 15) is 14.4 Å². The molecular formula is C10H17N3O4. The van der Waals surface area contributed by atoms with E-state index in [0.717, 1.165) is 6.42 Å². The van der Waals surface area contributed by atoms with Crippen LogP contribution in [0.25, 0.3) is 0 Å². The average molecular weight is 243 g/mol. The molecule has 1 fully saturated rings. The van der Waals surface area contributed by atoms with E-state index in [2.05, 4.69) is 0 Å². The van der Waals surface area contributed by atoms with Gasteiger partial charge in [0.05, 0.1) is 0 Å². The standard InChI is InChI=1S/C10H17N3O4/c1-10(8(15)16)4-2-5-13(10)6-3-7(14)12-9(11)17/h2-6H2,1H3,(H,15,16)(H3,11,12,14,17). The maximum absolute atomic E-state index is 11.2. The number of nitrogens with zero attached hydrogens (tertiary/aromatic N) is 1. The minimum absolute atomic E-state index is 0.0613. The molecule has 7 nitrogen and oxygen atoms in total. The second-order valence-electron chi connectivity index (χ2n) is 4.33. The number of primary amides is 1. The number of nitrogens with two attached hydrogens (primary N) is 1. The Labute approximate surface area is 98.9 Å². The van der Waals surface area contributed by atoms with Crippen LogP contribution in [-0.2, 0) is 9.59 Å². The molecule has 1 unspecified atom stereocenters. The van der Waals surface area contributed by atoms with E-state index < -0.39 is 23.4 Å². The van der Waals surface area contributed by atoms with Crippen LogP contribution in [0.5, 0.6) is 0 Å². The first-order valence-electron chi connectivity index (χ1n) is 5.44. The van der Waals surface area contributed by atoms with Crippen molar-refractivity contribution in [3.05, 3.63) is 0 Å². The number of hydrogen-bond acceptors (Lipinski definition) is 4. The second-order valence-corrected chi connectivity index (χ2v) is 4.33. The number of hydrogen-bond donors (Lipinski definition) is 3. The Morgan fingerprint density at radius 3 is 2.65 bits per heavy atom. The summed E-state index contributed by atoms with van der Waals surface area (Å²) in [6, 6.07) is -0.891. The highest BCUT2D eigenvalue weighted by molar-refractivity contribution is 5.93.